The number of amidine groups is 1. The highest BCUT2D eigenvalue weighted by atomic mass is 16.5. The SMILES string of the molecule is O=C(NC1CCN=C1Nc1cccc2ccccc12)OCc1ccccc1. The topological polar surface area (TPSA) is 62.7 Å². The van der Waals surface area contributed by atoms with Gasteiger partial charge in [0.05, 0.1) is 6.04 Å². The fourth-order valence-electron chi connectivity index (χ4n) is 3.21. The number of carbonyl (C=O) groups excluding carboxylic acids is 1. The minimum atomic E-state index is -0.432. The van der Waals surface area contributed by atoms with Crippen LogP contribution in [0.2, 0.25) is 0 Å². The Morgan fingerprint density at radius 3 is 2.67 bits per heavy atom. The third kappa shape index (κ3) is 4.08. The molecule has 1 atom stereocenters. The number of carbonyl (C=O) groups is 1. The molecular formula is C22H21N3O2. The Morgan fingerprint density at radius 1 is 1.00 bits per heavy atom. The van der Waals surface area contributed by atoms with Crippen LogP contribution in [0.3, 0.4) is 0 Å². The standard InChI is InChI=1S/C22H21N3O2/c26-22(27-15-16-7-2-1-3-8-16)25-20-13-14-23-21(20)24-19-12-6-10-17-9-4-5-11-18(17)19/h1-12,20H,13-15H2,(H,23,24)(H,25,26). The predicted molar refractivity (Wildman–Crippen MR) is 108 cm³/mol. The monoisotopic (exact) mass is 359 g/mol. The summed E-state index contributed by atoms with van der Waals surface area (Å²) in [6.07, 6.45) is 0.325. The second kappa shape index (κ2) is 7.91. The van der Waals surface area contributed by atoms with Crippen molar-refractivity contribution >= 4 is 28.4 Å². The van der Waals surface area contributed by atoms with E-state index in [1.807, 2.05) is 54.6 Å². The van der Waals surface area contributed by atoms with Gasteiger partial charge < -0.3 is 15.4 Å². The van der Waals surface area contributed by atoms with Gasteiger partial charge in [-0.25, -0.2) is 4.79 Å². The number of fused-ring (bicyclic) bond motifs is 1. The van der Waals surface area contributed by atoms with Crippen LogP contribution in [0.1, 0.15) is 12.0 Å². The molecular weight excluding hydrogens is 338 g/mol. The number of anilines is 1. The van der Waals surface area contributed by atoms with Crippen molar-refractivity contribution < 1.29 is 9.53 Å². The molecule has 27 heavy (non-hydrogen) atoms. The Bertz CT molecular complexity index is 964. The van der Waals surface area contributed by atoms with Gasteiger partial charge in [-0.2, -0.15) is 0 Å². The first-order chi connectivity index (χ1) is 13.3. The molecule has 5 heteroatoms. The fraction of sp³-hybridized carbons (Fsp3) is 0.182. The van der Waals surface area contributed by atoms with Crippen molar-refractivity contribution in [1.82, 2.24) is 5.32 Å². The van der Waals surface area contributed by atoms with E-state index in [4.69, 9.17) is 4.74 Å². The van der Waals surface area contributed by atoms with E-state index in [-0.39, 0.29) is 12.6 Å². The molecule has 5 nitrogen and oxygen atoms in total. The number of benzene rings is 3. The highest BCUT2D eigenvalue weighted by Crippen LogP contribution is 2.24. The van der Waals surface area contributed by atoms with Crippen molar-refractivity contribution in [2.75, 3.05) is 11.9 Å². The molecule has 3 aromatic carbocycles. The van der Waals surface area contributed by atoms with E-state index in [2.05, 4.69) is 33.8 Å². The molecule has 0 aromatic heterocycles. The number of hydrogen-bond acceptors (Lipinski definition) is 4. The maximum absolute atomic E-state index is 12.2. The number of ether oxygens (including phenoxy) is 1. The molecule has 0 saturated heterocycles. The summed E-state index contributed by atoms with van der Waals surface area (Å²) in [5.74, 6) is 0.767. The largest absolute Gasteiger partial charge is 0.445 e. The van der Waals surface area contributed by atoms with Crippen LogP contribution in [0.25, 0.3) is 10.8 Å². The average Bonchev–Trinajstić information content (AvgIpc) is 3.14. The van der Waals surface area contributed by atoms with Crippen molar-refractivity contribution in [3.05, 3.63) is 78.4 Å². The average molecular weight is 359 g/mol. The van der Waals surface area contributed by atoms with E-state index < -0.39 is 6.09 Å². The molecule has 0 fully saturated rings. The highest BCUT2D eigenvalue weighted by Gasteiger charge is 2.24. The third-order valence-corrected chi connectivity index (χ3v) is 4.59. The summed E-state index contributed by atoms with van der Waals surface area (Å²) in [7, 11) is 0. The minimum absolute atomic E-state index is 0.174. The summed E-state index contributed by atoms with van der Waals surface area (Å²) >= 11 is 0. The number of hydrogen-bond donors (Lipinski definition) is 2. The van der Waals surface area contributed by atoms with Gasteiger partial charge in [-0.05, 0) is 23.4 Å². The van der Waals surface area contributed by atoms with Crippen LogP contribution in [0.4, 0.5) is 10.5 Å². The Balaban J connectivity index is 1.39. The summed E-state index contributed by atoms with van der Waals surface area (Å²) in [4.78, 5) is 16.7. The van der Waals surface area contributed by atoms with Gasteiger partial charge in [0, 0.05) is 17.6 Å². The molecule has 0 bridgehead atoms. The number of rotatable bonds is 4. The smallest absolute Gasteiger partial charge is 0.408 e. The van der Waals surface area contributed by atoms with E-state index in [0.29, 0.717) is 6.54 Å². The van der Waals surface area contributed by atoms with Gasteiger partial charge in [-0.1, -0.05) is 66.7 Å². The summed E-state index contributed by atoms with van der Waals surface area (Å²) < 4.78 is 5.33. The van der Waals surface area contributed by atoms with Crippen LogP contribution in [0, 0.1) is 0 Å². The Kier molecular flexibility index (Phi) is 5.01. The van der Waals surface area contributed by atoms with E-state index in [1.54, 1.807) is 0 Å². The number of amides is 1. The second-order valence-corrected chi connectivity index (χ2v) is 6.47. The molecule has 1 heterocycles. The first kappa shape index (κ1) is 17.1. The van der Waals surface area contributed by atoms with Crippen LogP contribution in [0.5, 0.6) is 0 Å². The molecule has 1 aliphatic heterocycles. The second-order valence-electron chi connectivity index (χ2n) is 6.47. The van der Waals surface area contributed by atoms with Gasteiger partial charge in [0.25, 0.3) is 0 Å². The molecule has 1 unspecified atom stereocenters. The zero-order chi connectivity index (χ0) is 18.5. The van der Waals surface area contributed by atoms with Crippen molar-refractivity contribution in [3.63, 3.8) is 0 Å². The lowest BCUT2D eigenvalue weighted by Gasteiger charge is -2.17. The highest BCUT2D eigenvalue weighted by molar-refractivity contribution is 6.07. The van der Waals surface area contributed by atoms with Crippen LogP contribution in [-0.2, 0) is 11.3 Å². The van der Waals surface area contributed by atoms with Crippen LogP contribution in [0.15, 0.2) is 77.8 Å². The van der Waals surface area contributed by atoms with Gasteiger partial charge in [0.15, 0.2) is 0 Å². The van der Waals surface area contributed by atoms with Crippen molar-refractivity contribution in [3.8, 4) is 0 Å². The molecule has 0 saturated carbocycles. The Labute approximate surface area is 158 Å². The maximum atomic E-state index is 12.2. The fourth-order valence-corrected chi connectivity index (χ4v) is 3.21. The third-order valence-electron chi connectivity index (χ3n) is 4.59. The molecule has 0 aliphatic carbocycles. The van der Waals surface area contributed by atoms with Crippen LogP contribution in [-0.4, -0.2) is 24.5 Å². The summed E-state index contributed by atoms with van der Waals surface area (Å²) in [5, 5.41) is 8.59. The van der Waals surface area contributed by atoms with Crippen molar-refractivity contribution in [2.24, 2.45) is 4.99 Å². The van der Waals surface area contributed by atoms with E-state index in [1.165, 1.54) is 0 Å². The van der Waals surface area contributed by atoms with E-state index >= 15 is 0 Å². The molecule has 1 aliphatic rings. The zero-order valence-electron chi connectivity index (χ0n) is 14.9. The lowest BCUT2D eigenvalue weighted by atomic mass is 10.1. The molecule has 0 radical (unpaired) electrons. The molecule has 2 N–H and O–H groups in total. The quantitative estimate of drug-likeness (QED) is 0.728. The van der Waals surface area contributed by atoms with Crippen LogP contribution >= 0.6 is 0 Å². The summed E-state index contributed by atoms with van der Waals surface area (Å²) in [6.45, 7) is 0.930. The Hall–Kier alpha value is -3.34. The summed E-state index contributed by atoms with van der Waals surface area (Å²) in [5.41, 5.74) is 1.94. The number of nitrogens with one attached hydrogen (secondary N) is 2. The van der Waals surface area contributed by atoms with Crippen molar-refractivity contribution in [2.45, 2.75) is 19.1 Å². The van der Waals surface area contributed by atoms with Gasteiger partial charge in [-0.3, -0.25) is 4.99 Å². The number of aliphatic imine (C=N–C) groups is 1. The van der Waals surface area contributed by atoms with Crippen molar-refractivity contribution in [1.29, 1.82) is 0 Å². The lowest BCUT2D eigenvalue weighted by Crippen LogP contribution is -2.41. The molecule has 0 spiro atoms. The number of alkyl carbamates (subject to hydrolysis) is 1. The first-order valence-electron chi connectivity index (χ1n) is 9.06. The zero-order valence-corrected chi connectivity index (χ0v) is 14.9. The van der Waals surface area contributed by atoms with Gasteiger partial charge >= 0.3 is 6.09 Å². The van der Waals surface area contributed by atoms with Gasteiger partial charge in [0.1, 0.15) is 12.4 Å². The summed E-state index contributed by atoms with van der Waals surface area (Å²) in [6, 6.07) is 23.8. The molecule has 4 rings (SSSR count). The molecule has 3 aromatic rings. The predicted octanol–water partition coefficient (Wildman–Crippen LogP) is 4.35. The first-order valence-corrected chi connectivity index (χ1v) is 9.06. The molecule has 136 valence electrons. The lowest BCUT2D eigenvalue weighted by molar-refractivity contribution is 0.138. The Morgan fingerprint density at radius 2 is 1.78 bits per heavy atom. The van der Waals surface area contributed by atoms with Gasteiger partial charge in [-0.15, -0.1) is 0 Å². The van der Waals surface area contributed by atoms with Gasteiger partial charge in [0.2, 0.25) is 0 Å². The van der Waals surface area contributed by atoms with Crippen LogP contribution < -0.4 is 10.6 Å². The molecule has 1 amide bonds. The van der Waals surface area contributed by atoms with E-state index in [9.17, 15) is 4.79 Å². The maximum Gasteiger partial charge on any atom is 0.408 e. The minimum Gasteiger partial charge on any atom is -0.445 e. The normalized spacial score (nSPS) is 16.0. The van der Waals surface area contributed by atoms with E-state index in [0.717, 1.165) is 34.3 Å². The number of nitrogens with zero attached hydrogens (tertiary/aromatic N) is 1.